The van der Waals surface area contributed by atoms with E-state index in [-0.39, 0.29) is 12.0 Å². The third-order valence-electron chi connectivity index (χ3n) is 5.07. The largest absolute Gasteiger partial charge is 0.489 e. The summed E-state index contributed by atoms with van der Waals surface area (Å²) in [6, 6.07) is 14.8. The van der Waals surface area contributed by atoms with Crippen LogP contribution in [0.3, 0.4) is 0 Å². The Kier molecular flexibility index (Phi) is 7.16. The van der Waals surface area contributed by atoms with Crippen molar-refractivity contribution in [3.05, 3.63) is 65.7 Å². The minimum absolute atomic E-state index is 0.171. The zero-order valence-electron chi connectivity index (χ0n) is 19.1. The number of amides is 2. The van der Waals surface area contributed by atoms with Gasteiger partial charge in [-0.15, -0.1) is 0 Å². The van der Waals surface area contributed by atoms with E-state index in [0.29, 0.717) is 17.3 Å². The minimum atomic E-state index is -1.22. The number of ether oxygens (including phenoxy) is 3. The maximum absolute atomic E-state index is 13.1. The Morgan fingerprint density at radius 3 is 2.21 bits per heavy atom. The second-order valence-corrected chi connectivity index (χ2v) is 8.68. The molecule has 1 fully saturated rings. The van der Waals surface area contributed by atoms with Crippen molar-refractivity contribution in [2.24, 2.45) is 5.92 Å². The van der Waals surface area contributed by atoms with Gasteiger partial charge in [-0.3, -0.25) is 9.59 Å². The van der Waals surface area contributed by atoms with Crippen LogP contribution in [-0.2, 0) is 25.7 Å². The van der Waals surface area contributed by atoms with Crippen molar-refractivity contribution < 1.29 is 33.4 Å². The predicted octanol–water partition coefficient (Wildman–Crippen LogP) is 3.77. The molecule has 1 heterocycles. The molecule has 8 nitrogen and oxygen atoms in total. The molecule has 0 aliphatic carbocycles. The van der Waals surface area contributed by atoms with Crippen molar-refractivity contribution in [3.8, 4) is 5.75 Å². The summed E-state index contributed by atoms with van der Waals surface area (Å²) in [6.45, 7) is 5.30. The van der Waals surface area contributed by atoms with Crippen LogP contribution in [0.2, 0.25) is 0 Å². The van der Waals surface area contributed by atoms with Crippen LogP contribution in [0.1, 0.15) is 43.1 Å². The number of carbonyl (C=O) groups excluding carboxylic acids is 4. The lowest BCUT2D eigenvalue weighted by Crippen LogP contribution is -2.46. The topological polar surface area (TPSA) is 99.2 Å². The molecule has 0 aromatic heterocycles. The Balaban J connectivity index is 1.73. The van der Waals surface area contributed by atoms with Crippen LogP contribution >= 0.6 is 0 Å². The van der Waals surface area contributed by atoms with Gasteiger partial charge in [0.1, 0.15) is 29.9 Å². The van der Waals surface area contributed by atoms with Gasteiger partial charge in [-0.05, 0) is 57.0 Å². The summed E-state index contributed by atoms with van der Waals surface area (Å²) >= 11 is 0. The molecule has 0 spiro atoms. The number of hydrogen-bond donors (Lipinski definition) is 0. The Hall–Kier alpha value is -3.68. The fraction of sp³-hybridized carbons (Fsp3) is 0.360. The average molecular weight is 453 g/mol. The zero-order valence-corrected chi connectivity index (χ0v) is 19.1. The van der Waals surface area contributed by atoms with Crippen molar-refractivity contribution in [2.45, 2.75) is 45.4 Å². The van der Waals surface area contributed by atoms with Crippen molar-refractivity contribution in [1.82, 2.24) is 4.90 Å². The van der Waals surface area contributed by atoms with Crippen molar-refractivity contribution in [1.29, 1.82) is 0 Å². The highest BCUT2D eigenvalue weighted by atomic mass is 16.6. The van der Waals surface area contributed by atoms with Gasteiger partial charge in [0, 0.05) is 5.56 Å². The number of hydrogen-bond acceptors (Lipinski definition) is 7. The summed E-state index contributed by atoms with van der Waals surface area (Å²) in [4.78, 5) is 51.5. The summed E-state index contributed by atoms with van der Waals surface area (Å²) in [7, 11) is 1.16. The van der Waals surface area contributed by atoms with Crippen LogP contribution in [0.25, 0.3) is 0 Å². The van der Waals surface area contributed by atoms with Gasteiger partial charge in [-0.25, -0.2) is 14.5 Å². The summed E-state index contributed by atoms with van der Waals surface area (Å²) < 4.78 is 15.7. The first-order valence-corrected chi connectivity index (χ1v) is 10.6. The monoisotopic (exact) mass is 453 g/mol. The van der Waals surface area contributed by atoms with Crippen LogP contribution in [0.4, 0.5) is 4.79 Å². The molecule has 0 saturated carbocycles. The van der Waals surface area contributed by atoms with E-state index in [4.69, 9.17) is 14.2 Å². The number of esters is 1. The van der Waals surface area contributed by atoms with Gasteiger partial charge in [0.25, 0.3) is 0 Å². The molecule has 2 unspecified atom stereocenters. The van der Waals surface area contributed by atoms with E-state index in [1.807, 2.05) is 30.3 Å². The van der Waals surface area contributed by atoms with Crippen LogP contribution in [-0.4, -0.2) is 47.4 Å². The van der Waals surface area contributed by atoms with E-state index in [1.165, 1.54) is 0 Å². The molecular weight excluding hydrogens is 426 g/mol. The molecule has 2 aromatic carbocycles. The standard InChI is InChI=1S/C25H27NO7/c1-25(2,3)33-24(30)26-20(23(29)31-4)14-19(22(26)28)21(27)17-10-12-18(13-11-17)32-15-16-8-6-5-7-9-16/h5-13,19-20H,14-15H2,1-4H3. The van der Waals surface area contributed by atoms with E-state index < -0.39 is 41.3 Å². The van der Waals surface area contributed by atoms with Gasteiger partial charge in [0.15, 0.2) is 5.78 Å². The summed E-state index contributed by atoms with van der Waals surface area (Å²) in [6.07, 6.45) is -1.15. The number of imide groups is 1. The molecule has 33 heavy (non-hydrogen) atoms. The van der Waals surface area contributed by atoms with Gasteiger partial charge in [-0.1, -0.05) is 30.3 Å². The fourth-order valence-electron chi connectivity index (χ4n) is 3.49. The normalized spacial score (nSPS) is 18.1. The zero-order chi connectivity index (χ0) is 24.2. The Morgan fingerprint density at radius 1 is 1.00 bits per heavy atom. The van der Waals surface area contributed by atoms with E-state index in [9.17, 15) is 19.2 Å². The smallest absolute Gasteiger partial charge is 0.417 e. The maximum Gasteiger partial charge on any atom is 0.417 e. The molecule has 2 aromatic rings. The summed E-state index contributed by atoms with van der Waals surface area (Å²) in [5.41, 5.74) is 0.399. The van der Waals surface area contributed by atoms with Crippen LogP contribution in [0.15, 0.2) is 54.6 Å². The second-order valence-electron chi connectivity index (χ2n) is 8.68. The number of carbonyl (C=O) groups is 4. The molecule has 3 rings (SSSR count). The Morgan fingerprint density at radius 2 is 1.64 bits per heavy atom. The molecule has 1 aliphatic heterocycles. The Labute approximate surface area is 192 Å². The van der Waals surface area contributed by atoms with E-state index in [2.05, 4.69) is 0 Å². The van der Waals surface area contributed by atoms with E-state index in [0.717, 1.165) is 12.7 Å². The number of likely N-dealkylation sites (tertiary alicyclic amines) is 1. The Bertz CT molecular complexity index is 1020. The van der Waals surface area contributed by atoms with Crippen LogP contribution < -0.4 is 4.74 Å². The molecule has 8 heteroatoms. The molecule has 2 atom stereocenters. The lowest BCUT2D eigenvalue weighted by atomic mass is 9.94. The quantitative estimate of drug-likeness (QED) is 0.373. The molecule has 0 N–H and O–H groups in total. The van der Waals surface area contributed by atoms with E-state index in [1.54, 1.807) is 45.0 Å². The SMILES string of the molecule is COC(=O)C1CC(C(=O)c2ccc(OCc3ccccc3)cc2)C(=O)N1C(=O)OC(C)(C)C. The van der Waals surface area contributed by atoms with Gasteiger partial charge >= 0.3 is 12.1 Å². The molecule has 1 saturated heterocycles. The third kappa shape index (κ3) is 5.77. The molecule has 0 radical (unpaired) electrons. The van der Waals surface area contributed by atoms with Gasteiger partial charge in [-0.2, -0.15) is 0 Å². The van der Waals surface area contributed by atoms with Crippen molar-refractivity contribution >= 4 is 23.8 Å². The first-order chi connectivity index (χ1) is 15.6. The lowest BCUT2D eigenvalue weighted by Gasteiger charge is -2.26. The predicted molar refractivity (Wildman–Crippen MR) is 119 cm³/mol. The molecule has 1 aliphatic rings. The van der Waals surface area contributed by atoms with E-state index >= 15 is 0 Å². The van der Waals surface area contributed by atoms with Crippen molar-refractivity contribution in [2.75, 3.05) is 7.11 Å². The first kappa shape index (κ1) is 24.0. The number of ketones is 1. The number of benzene rings is 2. The molecule has 174 valence electrons. The minimum Gasteiger partial charge on any atom is -0.489 e. The summed E-state index contributed by atoms with van der Waals surface area (Å²) in [5.74, 6) is -2.69. The highest BCUT2D eigenvalue weighted by Gasteiger charge is 2.51. The highest BCUT2D eigenvalue weighted by Crippen LogP contribution is 2.31. The number of nitrogens with zero attached hydrogens (tertiary/aromatic N) is 1. The average Bonchev–Trinajstić information content (AvgIpc) is 3.13. The number of rotatable bonds is 6. The second kappa shape index (κ2) is 9.85. The summed E-state index contributed by atoms with van der Waals surface area (Å²) in [5, 5.41) is 0. The van der Waals surface area contributed by atoms with Crippen LogP contribution in [0.5, 0.6) is 5.75 Å². The molecule has 0 bridgehead atoms. The molecule has 2 amide bonds. The highest BCUT2D eigenvalue weighted by molar-refractivity contribution is 6.15. The fourth-order valence-corrected chi connectivity index (χ4v) is 3.49. The lowest BCUT2D eigenvalue weighted by molar-refractivity contribution is -0.148. The van der Waals surface area contributed by atoms with Crippen molar-refractivity contribution in [3.63, 3.8) is 0 Å². The van der Waals surface area contributed by atoms with Gasteiger partial charge < -0.3 is 14.2 Å². The maximum atomic E-state index is 13.1. The third-order valence-corrected chi connectivity index (χ3v) is 5.07. The van der Waals surface area contributed by atoms with Gasteiger partial charge in [0.2, 0.25) is 5.91 Å². The number of methoxy groups -OCH3 is 1. The number of Topliss-reactive ketones (excluding diaryl/α,β-unsaturated/α-hetero) is 1. The van der Waals surface area contributed by atoms with Gasteiger partial charge in [0.05, 0.1) is 7.11 Å². The first-order valence-electron chi connectivity index (χ1n) is 10.6. The molecular formula is C25H27NO7. The van der Waals surface area contributed by atoms with Crippen LogP contribution in [0, 0.1) is 5.92 Å².